The predicted octanol–water partition coefficient (Wildman–Crippen LogP) is 4.04. The number of hydrogen-bond donors (Lipinski definition) is 2. The van der Waals surface area contributed by atoms with Gasteiger partial charge in [0.1, 0.15) is 6.54 Å². The van der Waals surface area contributed by atoms with E-state index in [1.54, 1.807) is 54.6 Å². The number of esters is 1. The summed E-state index contributed by atoms with van der Waals surface area (Å²) in [6.07, 6.45) is 1.41. The Balaban J connectivity index is 1.29. The third-order valence-corrected chi connectivity index (χ3v) is 8.07. The van der Waals surface area contributed by atoms with Gasteiger partial charge in [0.25, 0.3) is 5.91 Å². The minimum absolute atomic E-state index is 0.0320. The number of piperidine rings is 3. The van der Waals surface area contributed by atoms with Crippen LogP contribution in [0.2, 0.25) is 5.02 Å². The van der Waals surface area contributed by atoms with Gasteiger partial charge in [-0.15, -0.1) is 0 Å². The van der Waals surface area contributed by atoms with Crippen LogP contribution in [0.15, 0.2) is 84.9 Å². The summed E-state index contributed by atoms with van der Waals surface area (Å²) in [5.41, 5.74) is -0.0205. The summed E-state index contributed by atoms with van der Waals surface area (Å²) in [5.74, 6) is -0.475. The van der Waals surface area contributed by atoms with E-state index in [1.165, 1.54) is 0 Å². The summed E-state index contributed by atoms with van der Waals surface area (Å²) < 4.78 is 6.69. The van der Waals surface area contributed by atoms with E-state index in [9.17, 15) is 14.7 Å². The van der Waals surface area contributed by atoms with E-state index in [4.69, 9.17) is 16.3 Å². The molecule has 0 saturated carbocycles. The largest absolute Gasteiger partial charge is 0.453 e. The first-order valence-electron chi connectivity index (χ1n) is 12.8. The average Bonchev–Trinajstić information content (AvgIpc) is 2.93. The molecule has 6 nitrogen and oxygen atoms in total. The Labute approximate surface area is 222 Å². The second kappa shape index (κ2) is 10.7. The molecule has 2 N–H and O–H groups in total. The second-order valence-corrected chi connectivity index (χ2v) is 10.7. The van der Waals surface area contributed by atoms with E-state index in [0.29, 0.717) is 40.3 Å². The third kappa shape index (κ3) is 5.42. The summed E-state index contributed by atoms with van der Waals surface area (Å²) >= 11 is 6.06. The number of quaternary nitrogens is 1. The Kier molecular flexibility index (Phi) is 7.33. The highest BCUT2D eigenvalue weighted by atomic mass is 35.5. The number of nitrogens with zero attached hydrogens (tertiary/aromatic N) is 1. The smallest absolute Gasteiger partial charge is 0.348 e. The summed E-state index contributed by atoms with van der Waals surface area (Å²) in [5, 5.41) is 15.4. The minimum Gasteiger partial charge on any atom is -0.453 e. The van der Waals surface area contributed by atoms with Gasteiger partial charge in [0.15, 0.2) is 12.6 Å². The van der Waals surface area contributed by atoms with E-state index >= 15 is 0 Å². The van der Waals surface area contributed by atoms with Gasteiger partial charge in [0, 0.05) is 30.3 Å². The first-order chi connectivity index (χ1) is 17.9. The molecule has 3 aliphatic rings. The van der Waals surface area contributed by atoms with Crippen LogP contribution in [0.25, 0.3) is 0 Å². The molecule has 3 aromatic rings. The Bertz CT molecular complexity index is 1200. The molecule has 1 amide bonds. The number of carbonyl (C=O) groups is 2. The zero-order chi connectivity index (χ0) is 25.9. The van der Waals surface area contributed by atoms with Crippen LogP contribution in [0, 0.1) is 5.92 Å². The number of hydrogen-bond acceptors (Lipinski definition) is 4. The highest BCUT2D eigenvalue weighted by molar-refractivity contribution is 6.30. The first-order valence-corrected chi connectivity index (χ1v) is 13.2. The molecule has 0 radical (unpaired) electrons. The molecule has 3 fully saturated rings. The Morgan fingerprint density at radius 2 is 1.57 bits per heavy atom. The molecule has 3 aliphatic heterocycles. The molecular formula is C30H32ClN2O4+. The SMILES string of the molecule is O=C(C[N+]12CCC(CC1)[C@@H](OC(=O)C(O)(c1ccccc1)c1ccccc1)C2)NCc1cccc(Cl)c1. The molecule has 2 bridgehead atoms. The number of benzene rings is 3. The van der Waals surface area contributed by atoms with Gasteiger partial charge in [-0.25, -0.2) is 4.79 Å². The summed E-state index contributed by atoms with van der Waals surface area (Å²) in [6.45, 7) is 3.08. The molecule has 7 heteroatoms. The lowest BCUT2D eigenvalue weighted by molar-refractivity contribution is -0.939. The third-order valence-electron chi connectivity index (χ3n) is 7.84. The average molecular weight is 520 g/mol. The van der Waals surface area contributed by atoms with E-state index in [2.05, 4.69) is 5.32 Å². The molecule has 3 saturated heterocycles. The quantitative estimate of drug-likeness (QED) is 0.348. The van der Waals surface area contributed by atoms with Crippen molar-refractivity contribution in [3.05, 3.63) is 107 Å². The fraction of sp³-hybridized carbons (Fsp3) is 0.333. The van der Waals surface area contributed by atoms with E-state index < -0.39 is 11.6 Å². The molecule has 0 spiro atoms. The zero-order valence-corrected chi connectivity index (χ0v) is 21.4. The maximum atomic E-state index is 13.7. The number of fused-ring (bicyclic) bond motifs is 3. The predicted molar refractivity (Wildman–Crippen MR) is 142 cm³/mol. The molecule has 192 valence electrons. The fourth-order valence-electron chi connectivity index (χ4n) is 5.77. The van der Waals surface area contributed by atoms with Crippen LogP contribution in [0.3, 0.4) is 0 Å². The maximum Gasteiger partial charge on any atom is 0.348 e. The van der Waals surface area contributed by atoms with E-state index in [1.807, 2.05) is 30.3 Å². The molecule has 37 heavy (non-hydrogen) atoms. The molecule has 1 atom stereocenters. The number of halogens is 1. The van der Waals surface area contributed by atoms with Crippen LogP contribution in [0.5, 0.6) is 0 Å². The van der Waals surface area contributed by atoms with Crippen molar-refractivity contribution in [3.63, 3.8) is 0 Å². The summed E-state index contributed by atoms with van der Waals surface area (Å²) in [7, 11) is 0. The summed E-state index contributed by atoms with van der Waals surface area (Å²) in [6, 6.07) is 25.3. The number of aliphatic hydroxyl groups is 1. The lowest BCUT2D eigenvalue weighted by atomic mass is 9.82. The lowest BCUT2D eigenvalue weighted by Crippen LogP contribution is -2.66. The van der Waals surface area contributed by atoms with Crippen molar-refractivity contribution in [3.8, 4) is 0 Å². The van der Waals surface area contributed by atoms with E-state index in [0.717, 1.165) is 31.5 Å². The monoisotopic (exact) mass is 519 g/mol. The summed E-state index contributed by atoms with van der Waals surface area (Å²) in [4.78, 5) is 26.6. The Morgan fingerprint density at radius 1 is 0.946 bits per heavy atom. The van der Waals surface area contributed by atoms with Gasteiger partial charge in [0.05, 0.1) is 13.1 Å². The van der Waals surface area contributed by atoms with E-state index in [-0.39, 0.29) is 17.9 Å². The number of carbonyl (C=O) groups excluding carboxylic acids is 2. The van der Waals surface area contributed by atoms with Crippen molar-refractivity contribution in [2.45, 2.75) is 31.1 Å². The van der Waals surface area contributed by atoms with Crippen molar-refractivity contribution in [1.29, 1.82) is 0 Å². The lowest BCUT2D eigenvalue weighted by Gasteiger charge is -2.51. The molecule has 3 aromatic carbocycles. The maximum absolute atomic E-state index is 13.7. The van der Waals surface area contributed by atoms with Gasteiger partial charge in [-0.3, -0.25) is 4.79 Å². The van der Waals surface area contributed by atoms with Gasteiger partial charge in [-0.1, -0.05) is 84.4 Å². The van der Waals surface area contributed by atoms with Crippen molar-refractivity contribution in [2.75, 3.05) is 26.2 Å². The second-order valence-electron chi connectivity index (χ2n) is 10.3. The van der Waals surface area contributed by atoms with Gasteiger partial charge in [-0.2, -0.15) is 0 Å². The first kappa shape index (κ1) is 25.5. The van der Waals surface area contributed by atoms with Crippen LogP contribution >= 0.6 is 11.6 Å². The minimum atomic E-state index is -1.91. The van der Waals surface area contributed by atoms with Crippen LogP contribution in [-0.2, 0) is 26.5 Å². The fourth-order valence-corrected chi connectivity index (χ4v) is 5.98. The van der Waals surface area contributed by atoms with Gasteiger partial charge in [-0.05, 0) is 28.8 Å². The Morgan fingerprint density at radius 3 is 2.16 bits per heavy atom. The highest BCUT2D eigenvalue weighted by Crippen LogP contribution is 2.38. The van der Waals surface area contributed by atoms with Gasteiger partial charge < -0.3 is 19.6 Å². The van der Waals surface area contributed by atoms with Crippen molar-refractivity contribution < 1.29 is 23.9 Å². The van der Waals surface area contributed by atoms with Gasteiger partial charge in [0.2, 0.25) is 5.60 Å². The van der Waals surface area contributed by atoms with Crippen LogP contribution in [0.1, 0.15) is 29.5 Å². The van der Waals surface area contributed by atoms with Crippen LogP contribution in [-0.4, -0.2) is 53.7 Å². The molecule has 3 heterocycles. The molecule has 0 aliphatic carbocycles. The molecular weight excluding hydrogens is 488 g/mol. The molecule has 0 unspecified atom stereocenters. The molecule has 0 aromatic heterocycles. The normalized spacial score (nSPS) is 22.9. The number of rotatable bonds is 8. The van der Waals surface area contributed by atoms with Crippen molar-refractivity contribution >= 4 is 23.5 Å². The molecule has 6 rings (SSSR count). The van der Waals surface area contributed by atoms with Crippen molar-refractivity contribution in [1.82, 2.24) is 5.32 Å². The number of amides is 1. The van der Waals surface area contributed by atoms with Gasteiger partial charge >= 0.3 is 5.97 Å². The standard InChI is InChI=1S/C30H31ClN2O4/c31-26-13-7-8-22(18-26)19-32-28(34)21-33-16-14-23(15-17-33)27(20-33)37-29(35)30(36,24-9-3-1-4-10-24)25-11-5-2-6-12-25/h1-13,18,23,27,36H,14-17,19-21H2/p+1/t23?,27-,33?/m0/s1. The zero-order valence-electron chi connectivity index (χ0n) is 20.7. The van der Waals surface area contributed by atoms with Crippen LogP contribution in [0.4, 0.5) is 0 Å². The number of ether oxygens (including phenoxy) is 1. The van der Waals surface area contributed by atoms with Crippen molar-refractivity contribution in [2.24, 2.45) is 5.92 Å². The Hall–Kier alpha value is -3.19. The highest BCUT2D eigenvalue weighted by Gasteiger charge is 2.51. The number of nitrogens with one attached hydrogen (secondary N) is 1. The topological polar surface area (TPSA) is 75.6 Å². The van der Waals surface area contributed by atoms with Crippen LogP contribution < -0.4 is 5.32 Å².